The van der Waals surface area contributed by atoms with E-state index in [9.17, 15) is 28.8 Å². The minimum atomic E-state index is -1.41. The van der Waals surface area contributed by atoms with E-state index in [1.165, 1.54) is 18.2 Å². The normalized spacial score (nSPS) is 12.6. The summed E-state index contributed by atoms with van der Waals surface area (Å²) in [5.41, 5.74) is 5.32. The first-order valence-electron chi connectivity index (χ1n) is 15.5. The molecule has 0 aliphatic carbocycles. The fourth-order valence-corrected chi connectivity index (χ4v) is 5.51. The van der Waals surface area contributed by atoms with Gasteiger partial charge < -0.3 is 20.1 Å². The molecular weight excluding hydrogens is 626 g/mol. The summed E-state index contributed by atoms with van der Waals surface area (Å²) in [6, 6.07) is 22.1. The highest BCUT2D eigenvalue weighted by Gasteiger charge is 2.44. The van der Waals surface area contributed by atoms with E-state index in [-0.39, 0.29) is 23.1 Å². The van der Waals surface area contributed by atoms with Gasteiger partial charge in [0.15, 0.2) is 13.2 Å². The Morgan fingerprint density at radius 3 is 1.78 bits per heavy atom. The smallest absolute Gasteiger partial charge is 0.338 e. The van der Waals surface area contributed by atoms with E-state index in [1.54, 1.807) is 42.5 Å². The molecule has 0 fully saturated rings. The van der Waals surface area contributed by atoms with E-state index in [1.807, 2.05) is 52.0 Å². The number of nitrogens with one attached hydrogen (secondary N) is 2. The molecule has 0 saturated heterocycles. The second-order valence-electron chi connectivity index (χ2n) is 11.9. The van der Waals surface area contributed by atoms with Gasteiger partial charge in [-0.3, -0.25) is 24.1 Å². The predicted molar refractivity (Wildman–Crippen MR) is 181 cm³/mol. The molecule has 0 saturated carbocycles. The summed E-state index contributed by atoms with van der Waals surface area (Å²) < 4.78 is 10.5. The van der Waals surface area contributed by atoms with Crippen molar-refractivity contribution < 1.29 is 38.2 Å². The third-order valence-electron chi connectivity index (χ3n) is 8.00. The van der Waals surface area contributed by atoms with Crippen molar-refractivity contribution in [2.45, 2.75) is 40.2 Å². The number of fused-ring (bicyclic) bond motifs is 1. The maximum absolute atomic E-state index is 13.7. The Hall–Kier alpha value is -6.10. The van der Waals surface area contributed by atoms with Crippen molar-refractivity contribution in [3.63, 3.8) is 0 Å². The zero-order valence-electron chi connectivity index (χ0n) is 27.5. The third-order valence-corrected chi connectivity index (χ3v) is 8.00. The number of rotatable bonds is 11. The van der Waals surface area contributed by atoms with Gasteiger partial charge in [0, 0.05) is 17.8 Å². The number of carbonyl (C=O) groups is 6. The van der Waals surface area contributed by atoms with Gasteiger partial charge in [0.1, 0.15) is 6.04 Å². The quantitative estimate of drug-likeness (QED) is 0.167. The SMILES string of the molecule is Cc1ccc(NC(=O)COC(=O)c2ccc3c(c2)C(=O)N([C@@H](Cc2ccccc2)C(=O)OCC(=O)Nc2ccc(C)cc2C)C3=O)c(C)c1. The molecule has 1 aliphatic heterocycles. The molecule has 5 rings (SSSR count). The molecule has 0 unspecified atom stereocenters. The number of anilines is 2. The van der Waals surface area contributed by atoms with Crippen LogP contribution < -0.4 is 10.6 Å². The van der Waals surface area contributed by atoms with E-state index >= 15 is 0 Å². The summed E-state index contributed by atoms with van der Waals surface area (Å²) in [6.45, 7) is 6.31. The second kappa shape index (κ2) is 14.8. The molecule has 49 heavy (non-hydrogen) atoms. The van der Waals surface area contributed by atoms with Crippen molar-refractivity contribution in [3.05, 3.63) is 129 Å². The summed E-state index contributed by atoms with van der Waals surface area (Å²) in [5, 5.41) is 5.39. The highest BCUT2D eigenvalue weighted by atomic mass is 16.5. The van der Waals surface area contributed by atoms with Crippen molar-refractivity contribution >= 4 is 46.9 Å². The first-order valence-corrected chi connectivity index (χ1v) is 15.5. The molecule has 4 aromatic rings. The molecule has 1 atom stereocenters. The highest BCUT2D eigenvalue weighted by Crippen LogP contribution is 2.28. The number of hydrogen-bond acceptors (Lipinski definition) is 8. The molecule has 0 bridgehead atoms. The Kier molecular flexibility index (Phi) is 10.3. The summed E-state index contributed by atoms with van der Waals surface area (Å²) in [5.74, 6) is -4.56. The lowest BCUT2D eigenvalue weighted by Crippen LogP contribution is -2.47. The third kappa shape index (κ3) is 8.07. The second-order valence-corrected chi connectivity index (χ2v) is 11.9. The van der Waals surface area contributed by atoms with Crippen LogP contribution >= 0.6 is 0 Å². The Labute approximate surface area is 283 Å². The van der Waals surface area contributed by atoms with Crippen LogP contribution in [0.25, 0.3) is 0 Å². The zero-order chi connectivity index (χ0) is 35.2. The fraction of sp³-hybridized carbons (Fsp3) is 0.211. The van der Waals surface area contributed by atoms with Crippen molar-refractivity contribution in [1.29, 1.82) is 0 Å². The van der Waals surface area contributed by atoms with E-state index in [2.05, 4.69) is 10.6 Å². The Morgan fingerprint density at radius 2 is 1.20 bits per heavy atom. The molecule has 2 N–H and O–H groups in total. The summed E-state index contributed by atoms with van der Waals surface area (Å²) in [4.78, 5) is 79.5. The lowest BCUT2D eigenvalue weighted by molar-refractivity contribution is -0.151. The van der Waals surface area contributed by atoms with Crippen LogP contribution in [-0.2, 0) is 30.3 Å². The first kappa shape index (κ1) is 34.2. The molecule has 0 radical (unpaired) electrons. The van der Waals surface area contributed by atoms with Crippen molar-refractivity contribution in [2.75, 3.05) is 23.8 Å². The van der Waals surface area contributed by atoms with E-state index in [0.29, 0.717) is 16.9 Å². The van der Waals surface area contributed by atoms with Gasteiger partial charge >= 0.3 is 11.9 Å². The van der Waals surface area contributed by atoms with Crippen LogP contribution in [0, 0.1) is 27.7 Å². The zero-order valence-corrected chi connectivity index (χ0v) is 27.5. The van der Waals surface area contributed by atoms with Gasteiger partial charge in [-0.2, -0.15) is 0 Å². The minimum Gasteiger partial charge on any atom is -0.454 e. The maximum Gasteiger partial charge on any atom is 0.338 e. The molecule has 4 amide bonds. The number of aryl methyl sites for hydroxylation is 4. The summed E-state index contributed by atoms with van der Waals surface area (Å²) >= 11 is 0. The molecule has 0 spiro atoms. The topological polar surface area (TPSA) is 148 Å². The molecule has 1 heterocycles. The van der Waals surface area contributed by atoms with E-state index < -0.39 is 54.8 Å². The molecule has 0 aromatic heterocycles. The number of nitrogens with zero attached hydrogens (tertiary/aromatic N) is 1. The van der Waals surface area contributed by atoms with Crippen LogP contribution in [0.5, 0.6) is 0 Å². The Balaban J connectivity index is 1.28. The minimum absolute atomic E-state index is 0.0207. The van der Waals surface area contributed by atoms with Crippen LogP contribution in [0.1, 0.15) is 58.9 Å². The molecule has 4 aromatic carbocycles. The number of benzene rings is 4. The number of hydrogen-bond donors (Lipinski definition) is 2. The number of carbonyl (C=O) groups excluding carboxylic acids is 6. The molecule has 1 aliphatic rings. The van der Waals surface area contributed by atoms with Gasteiger partial charge in [0.2, 0.25) is 0 Å². The monoisotopic (exact) mass is 661 g/mol. The first-order chi connectivity index (χ1) is 23.4. The van der Waals surface area contributed by atoms with Gasteiger partial charge in [-0.15, -0.1) is 0 Å². The fourth-order valence-electron chi connectivity index (χ4n) is 5.51. The molecular formula is C38H35N3O8. The standard InChI is InChI=1S/C38H35N3O8/c1-22-10-14-30(24(3)16-22)39-33(42)20-48-37(46)27-12-13-28-29(19-27)36(45)41(35(28)44)32(18-26-8-6-5-7-9-26)38(47)49-21-34(43)40-31-15-11-23(2)17-25(31)4/h5-17,19,32H,18,20-21H2,1-4H3,(H,39,42)(H,40,43)/t32-/m0/s1. The predicted octanol–water partition coefficient (Wildman–Crippen LogP) is 5.10. The Bertz CT molecular complexity index is 1970. The van der Waals surface area contributed by atoms with E-state index in [0.717, 1.165) is 27.2 Å². The van der Waals surface area contributed by atoms with Crippen LogP contribution in [-0.4, -0.2) is 59.7 Å². The lowest BCUT2D eigenvalue weighted by atomic mass is 10.0. The van der Waals surface area contributed by atoms with Gasteiger partial charge in [0.25, 0.3) is 23.6 Å². The molecule has 250 valence electrons. The average Bonchev–Trinajstić information content (AvgIpc) is 3.32. The van der Waals surface area contributed by atoms with Gasteiger partial charge in [-0.05, 0) is 74.7 Å². The summed E-state index contributed by atoms with van der Waals surface area (Å²) in [7, 11) is 0. The van der Waals surface area contributed by atoms with Gasteiger partial charge in [-0.1, -0.05) is 65.7 Å². The number of ether oxygens (including phenoxy) is 2. The molecule has 11 nitrogen and oxygen atoms in total. The number of imide groups is 1. The van der Waals surface area contributed by atoms with Crippen molar-refractivity contribution in [3.8, 4) is 0 Å². The largest absolute Gasteiger partial charge is 0.454 e. The van der Waals surface area contributed by atoms with E-state index in [4.69, 9.17) is 9.47 Å². The van der Waals surface area contributed by atoms with Gasteiger partial charge in [-0.25, -0.2) is 9.59 Å². The van der Waals surface area contributed by atoms with Crippen LogP contribution in [0.4, 0.5) is 11.4 Å². The van der Waals surface area contributed by atoms with Crippen LogP contribution in [0.2, 0.25) is 0 Å². The average molecular weight is 662 g/mol. The van der Waals surface area contributed by atoms with Crippen molar-refractivity contribution in [2.24, 2.45) is 0 Å². The lowest BCUT2D eigenvalue weighted by Gasteiger charge is -2.24. The maximum atomic E-state index is 13.7. The Morgan fingerprint density at radius 1 is 0.653 bits per heavy atom. The highest BCUT2D eigenvalue weighted by molar-refractivity contribution is 6.23. The number of esters is 2. The van der Waals surface area contributed by atoms with Crippen molar-refractivity contribution in [1.82, 2.24) is 4.90 Å². The van der Waals surface area contributed by atoms with Crippen LogP contribution in [0.15, 0.2) is 84.9 Å². The van der Waals surface area contributed by atoms with Gasteiger partial charge in [0.05, 0.1) is 16.7 Å². The molecule has 11 heteroatoms. The van der Waals surface area contributed by atoms with Crippen LogP contribution in [0.3, 0.4) is 0 Å². The number of amides is 4. The summed E-state index contributed by atoms with van der Waals surface area (Å²) in [6.07, 6.45) is -0.0751.